The molecule has 2 atom stereocenters. The van der Waals surface area contributed by atoms with Crippen LogP contribution in [0.3, 0.4) is 0 Å². The van der Waals surface area contributed by atoms with Crippen molar-refractivity contribution in [2.24, 2.45) is 0 Å². The average Bonchev–Trinajstić information content (AvgIpc) is 2.95. The molecule has 9 heteroatoms. The summed E-state index contributed by atoms with van der Waals surface area (Å²) < 4.78 is 76.5. The fraction of sp³-hybridized carbons (Fsp3) is 0.909. The lowest BCUT2D eigenvalue weighted by Gasteiger charge is -2.34. The van der Waals surface area contributed by atoms with E-state index in [0.29, 0.717) is 9.80 Å². The Morgan fingerprint density at radius 2 is 1.15 bits per heavy atom. The van der Waals surface area contributed by atoms with Crippen LogP contribution in [0.5, 0.6) is 0 Å². The zero-order valence-electron chi connectivity index (χ0n) is 10.5. The average molecular weight is 304 g/mol. The fourth-order valence-electron chi connectivity index (χ4n) is 2.84. The van der Waals surface area contributed by atoms with Crippen LogP contribution in [0.25, 0.3) is 0 Å². The first-order chi connectivity index (χ1) is 9.12. The van der Waals surface area contributed by atoms with Gasteiger partial charge in [-0.15, -0.1) is 0 Å². The van der Waals surface area contributed by atoms with E-state index < -0.39 is 30.5 Å². The van der Waals surface area contributed by atoms with Crippen molar-refractivity contribution >= 4 is 6.03 Å². The molecule has 2 amide bonds. The number of hydrogen-bond donors (Lipinski definition) is 0. The second-order valence-corrected chi connectivity index (χ2v) is 5.07. The van der Waals surface area contributed by atoms with Gasteiger partial charge < -0.3 is 9.80 Å². The Hall–Kier alpha value is -1.15. The summed E-state index contributed by atoms with van der Waals surface area (Å²) in [4.78, 5) is 13.1. The second kappa shape index (κ2) is 5.00. The number of amides is 2. The Balaban J connectivity index is 2.14. The van der Waals surface area contributed by atoms with Crippen molar-refractivity contribution in [2.75, 3.05) is 13.1 Å². The van der Waals surface area contributed by atoms with E-state index in [1.165, 1.54) is 0 Å². The molecule has 20 heavy (non-hydrogen) atoms. The van der Waals surface area contributed by atoms with E-state index in [-0.39, 0.29) is 38.8 Å². The van der Waals surface area contributed by atoms with E-state index in [4.69, 9.17) is 0 Å². The van der Waals surface area contributed by atoms with E-state index in [1.807, 2.05) is 0 Å². The van der Waals surface area contributed by atoms with E-state index in [2.05, 4.69) is 0 Å². The predicted octanol–water partition coefficient (Wildman–Crippen LogP) is 3.16. The molecule has 0 saturated carbocycles. The molecule has 2 aliphatic rings. The maximum atomic E-state index is 12.8. The largest absolute Gasteiger partial charge is 0.408 e. The molecule has 0 N–H and O–H groups in total. The quantitative estimate of drug-likeness (QED) is 0.631. The van der Waals surface area contributed by atoms with Crippen molar-refractivity contribution in [3.05, 3.63) is 0 Å². The van der Waals surface area contributed by atoms with Crippen LogP contribution in [0, 0.1) is 0 Å². The first-order valence-corrected chi connectivity index (χ1v) is 6.33. The molecular weight excluding hydrogens is 290 g/mol. The summed E-state index contributed by atoms with van der Waals surface area (Å²) in [5.74, 6) is 0. The van der Waals surface area contributed by atoms with Crippen molar-refractivity contribution in [3.63, 3.8) is 0 Å². The highest BCUT2D eigenvalue weighted by Gasteiger charge is 2.53. The SMILES string of the molecule is O=C(N1CCC[C@H]1C(F)(F)F)N1CCC[C@H]1C(F)(F)F. The first-order valence-electron chi connectivity index (χ1n) is 6.33. The summed E-state index contributed by atoms with van der Waals surface area (Å²) in [7, 11) is 0. The Kier molecular flexibility index (Phi) is 3.81. The molecule has 0 aromatic rings. The van der Waals surface area contributed by atoms with Gasteiger partial charge in [-0.2, -0.15) is 26.3 Å². The van der Waals surface area contributed by atoms with Gasteiger partial charge in [-0.25, -0.2) is 4.79 Å². The molecule has 2 saturated heterocycles. The van der Waals surface area contributed by atoms with Gasteiger partial charge in [0.1, 0.15) is 12.1 Å². The van der Waals surface area contributed by atoms with E-state index in [1.54, 1.807) is 0 Å². The van der Waals surface area contributed by atoms with Crippen LogP contribution < -0.4 is 0 Å². The zero-order chi connectivity index (χ0) is 15.1. The summed E-state index contributed by atoms with van der Waals surface area (Å²) in [6.45, 7) is -0.297. The molecule has 2 fully saturated rings. The minimum Gasteiger partial charge on any atom is -0.313 e. The minimum atomic E-state index is -4.60. The van der Waals surface area contributed by atoms with Crippen molar-refractivity contribution in [3.8, 4) is 0 Å². The first kappa shape index (κ1) is 15.2. The number of carbonyl (C=O) groups is 1. The number of alkyl halides is 6. The lowest BCUT2D eigenvalue weighted by Crippen LogP contribution is -2.54. The van der Waals surface area contributed by atoms with E-state index in [9.17, 15) is 31.1 Å². The molecular formula is C11H14F6N2O. The molecule has 2 rings (SSSR count). The van der Waals surface area contributed by atoms with Crippen LogP contribution in [-0.4, -0.2) is 53.4 Å². The molecule has 3 nitrogen and oxygen atoms in total. The van der Waals surface area contributed by atoms with Gasteiger partial charge >= 0.3 is 18.4 Å². The number of likely N-dealkylation sites (tertiary alicyclic amines) is 2. The van der Waals surface area contributed by atoms with Crippen LogP contribution in [-0.2, 0) is 0 Å². The molecule has 0 unspecified atom stereocenters. The van der Waals surface area contributed by atoms with E-state index in [0.717, 1.165) is 0 Å². The topological polar surface area (TPSA) is 23.6 Å². The zero-order valence-corrected chi connectivity index (χ0v) is 10.5. The van der Waals surface area contributed by atoms with Crippen LogP contribution in [0.1, 0.15) is 25.7 Å². The molecule has 0 spiro atoms. The summed E-state index contributed by atoms with van der Waals surface area (Å²) in [6, 6.07) is -5.08. The van der Waals surface area contributed by atoms with Gasteiger partial charge in [-0.1, -0.05) is 0 Å². The second-order valence-electron chi connectivity index (χ2n) is 5.07. The van der Waals surface area contributed by atoms with Crippen LogP contribution >= 0.6 is 0 Å². The number of hydrogen-bond acceptors (Lipinski definition) is 1. The normalized spacial score (nSPS) is 28.3. The molecule has 0 radical (unpaired) electrons. The molecule has 116 valence electrons. The fourth-order valence-corrected chi connectivity index (χ4v) is 2.84. The highest BCUT2D eigenvalue weighted by molar-refractivity contribution is 5.76. The molecule has 0 aromatic carbocycles. The Labute approximate surface area is 111 Å². The van der Waals surface area contributed by atoms with Gasteiger partial charge in [0.25, 0.3) is 0 Å². The van der Waals surface area contributed by atoms with Gasteiger partial charge in [0.05, 0.1) is 0 Å². The molecule has 0 aromatic heterocycles. The lowest BCUT2D eigenvalue weighted by atomic mass is 10.2. The summed E-state index contributed by atoms with van der Waals surface area (Å²) in [5.41, 5.74) is 0. The smallest absolute Gasteiger partial charge is 0.313 e. The maximum absolute atomic E-state index is 12.8. The lowest BCUT2D eigenvalue weighted by molar-refractivity contribution is -0.179. The van der Waals surface area contributed by atoms with Crippen molar-refractivity contribution in [2.45, 2.75) is 50.1 Å². The number of rotatable bonds is 0. The Bertz CT molecular complexity index is 346. The minimum absolute atomic E-state index is 0.149. The van der Waals surface area contributed by atoms with Crippen molar-refractivity contribution in [1.82, 2.24) is 9.80 Å². The highest BCUT2D eigenvalue weighted by atomic mass is 19.4. The summed E-state index contributed by atoms with van der Waals surface area (Å²) in [5, 5.41) is 0. The van der Waals surface area contributed by atoms with Gasteiger partial charge in [-0.05, 0) is 25.7 Å². The Morgan fingerprint density at radius 3 is 1.45 bits per heavy atom. The molecule has 0 aliphatic carbocycles. The van der Waals surface area contributed by atoms with E-state index >= 15 is 0 Å². The van der Waals surface area contributed by atoms with Gasteiger partial charge in [-0.3, -0.25) is 0 Å². The van der Waals surface area contributed by atoms with Crippen LogP contribution in [0.15, 0.2) is 0 Å². The standard InChI is InChI=1S/C11H14F6N2O/c12-10(13,14)7-3-1-5-18(7)9(20)19-6-2-4-8(19)11(15,16)17/h7-8H,1-6H2/t7-,8-/m0/s1. The molecule has 2 heterocycles. The van der Waals surface area contributed by atoms with Crippen LogP contribution in [0.2, 0.25) is 0 Å². The number of halogens is 6. The predicted molar refractivity (Wildman–Crippen MR) is 57.0 cm³/mol. The molecule has 0 bridgehead atoms. The van der Waals surface area contributed by atoms with Crippen molar-refractivity contribution in [1.29, 1.82) is 0 Å². The number of carbonyl (C=O) groups excluding carboxylic acids is 1. The Morgan fingerprint density at radius 1 is 0.800 bits per heavy atom. The van der Waals surface area contributed by atoms with Gasteiger partial charge in [0, 0.05) is 13.1 Å². The third-order valence-corrected chi connectivity index (χ3v) is 3.75. The summed E-state index contributed by atoms with van der Waals surface area (Å²) in [6.07, 6.45) is -9.39. The number of urea groups is 1. The third-order valence-electron chi connectivity index (χ3n) is 3.75. The van der Waals surface area contributed by atoms with Gasteiger partial charge in [0.2, 0.25) is 0 Å². The van der Waals surface area contributed by atoms with Gasteiger partial charge in [0.15, 0.2) is 0 Å². The highest BCUT2D eigenvalue weighted by Crippen LogP contribution is 2.37. The van der Waals surface area contributed by atoms with Crippen molar-refractivity contribution < 1.29 is 31.1 Å². The third kappa shape index (κ3) is 2.80. The molecule has 2 aliphatic heterocycles. The maximum Gasteiger partial charge on any atom is 0.408 e. The van der Waals surface area contributed by atoms with Crippen LogP contribution in [0.4, 0.5) is 31.1 Å². The summed E-state index contributed by atoms with van der Waals surface area (Å²) >= 11 is 0. The monoisotopic (exact) mass is 304 g/mol. The number of nitrogens with zero attached hydrogens (tertiary/aromatic N) is 2.